The lowest BCUT2D eigenvalue weighted by Crippen LogP contribution is -2.29. The normalized spacial score (nSPS) is 17.1. The van der Waals surface area contributed by atoms with Gasteiger partial charge in [0, 0.05) is 16.3 Å². The highest BCUT2D eigenvalue weighted by Crippen LogP contribution is 2.44. The van der Waals surface area contributed by atoms with Crippen LogP contribution in [0.3, 0.4) is 0 Å². The van der Waals surface area contributed by atoms with Crippen molar-refractivity contribution in [2.45, 2.75) is 42.3 Å². The zero-order valence-electron chi connectivity index (χ0n) is 21.6. The Balaban J connectivity index is 1.56. The quantitative estimate of drug-likeness (QED) is 0.0847. The van der Waals surface area contributed by atoms with Gasteiger partial charge in [-0.1, -0.05) is 110 Å². The van der Waals surface area contributed by atoms with Gasteiger partial charge in [0.25, 0.3) is 5.78 Å². The van der Waals surface area contributed by atoms with Gasteiger partial charge in [0.2, 0.25) is 5.13 Å². The number of aromatic nitrogens is 2. The second kappa shape index (κ2) is 11.0. The molecule has 3 aromatic carbocycles. The lowest BCUT2D eigenvalue weighted by atomic mass is 9.85. The molecule has 1 aliphatic heterocycles. The van der Waals surface area contributed by atoms with Crippen molar-refractivity contribution in [1.82, 2.24) is 10.2 Å². The Morgan fingerprint density at radius 2 is 1.64 bits per heavy atom. The van der Waals surface area contributed by atoms with E-state index in [9.17, 15) is 14.7 Å². The molecule has 0 bridgehead atoms. The van der Waals surface area contributed by atoms with Crippen molar-refractivity contribution in [2.24, 2.45) is 0 Å². The Morgan fingerprint density at radius 1 is 0.974 bits per heavy atom. The van der Waals surface area contributed by atoms with Gasteiger partial charge >= 0.3 is 5.91 Å². The number of Topliss-reactive ketones (excluding diaryl/α,β-unsaturated/α-hetero) is 1. The summed E-state index contributed by atoms with van der Waals surface area (Å²) in [6, 6.07) is 23.4. The number of rotatable bonds is 6. The molecule has 1 aromatic heterocycles. The molecule has 6 nitrogen and oxygen atoms in total. The predicted octanol–water partition coefficient (Wildman–Crippen LogP) is 7.41. The predicted molar refractivity (Wildman–Crippen MR) is 157 cm³/mol. The van der Waals surface area contributed by atoms with Gasteiger partial charge in [0.05, 0.1) is 11.6 Å². The van der Waals surface area contributed by atoms with E-state index >= 15 is 0 Å². The highest BCUT2D eigenvalue weighted by atomic mass is 35.5. The van der Waals surface area contributed by atoms with Gasteiger partial charge in [0.1, 0.15) is 5.76 Å². The monoisotopic (exact) mass is 575 g/mol. The van der Waals surface area contributed by atoms with Crippen LogP contribution in [0.1, 0.15) is 49.1 Å². The molecule has 39 heavy (non-hydrogen) atoms. The number of halogens is 1. The van der Waals surface area contributed by atoms with Crippen molar-refractivity contribution >= 4 is 57.3 Å². The summed E-state index contributed by atoms with van der Waals surface area (Å²) in [6.45, 7) is 6.35. The molecule has 1 fully saturated rings. The molecule has 1 N–H and O–H groups in total. The van der Waals surface area contributed by atoms with E-state index in [2.05, 4.69) is 31.0 Å². The average Bonchev–Trinajstić information content (AvgIpc) is 3.49. The van der Waals surface area contributed by atoms with Gasteiger partial charge in [-0.05, 0) is 46.4 Å². The minimum Gasteiger partial charge on any atom is -0.507 e. The molecule has 0 saturated carbocycles. The topological polar surface area (TPSA) is 83.4 Å². The van der Waals surface area contributed by atoms with Crippen LogP contribution in [0.5, 0.6) is 0 Å². The zero-order chi connectivity index (χ0) is 27.7. The summed E-state index contributed by atoms with van der Waals surface area (Å²) in [6.07, 6.45) is 0. The summed E-state index contributed by atoms with van der Waals surface area (Å²) >= 11 is 8.79. The van der Waals surface area contributed by atoms with Crippen molar-refractivity contribution in [1.29, 1.82) is 0 Å². The van der Waals surface area contributed by atoms with Crippen LogP contribution in [0.4, 0.5) is 5.13 Å². The van der Waals surface area contributed by atoms with Crippen molar-refractivity contribution in [3.63, 3.8) is 0 Å². The lowest BCUT2D eigenvalue weighted by Gasteiger charge is -2.24. The Hall–Kier alpha value is -3.46. The first-order valence-corrected chi connectivity index (χ1v) is 14.5. The minimum absolute atomic E-state index is 0.000445. The molecule has 1 aliphatic rings. The number of carbonyl (C=O) groups excluding carboxylic acids is 2. The van der Waals surface area contributed by atoms with Crippen LogP contribution in [-0.2, 0) is 20.8 Å². The van der Waals surface area contributed by atoms with Crippen molar-refractivity contribution < 1.29 is 14.7 Å². The summed E-state index contributed by atoms with van der Waals surface area (Å²) in [5.41, 5.74) is 3.25. The largest absolute Gasteiger partial charge is 0.507 e. The van der Waals surface area contributed by atoms with Crippen LogP contribution in [0.25, 0.3) is 5.76 Å². The number of amides is 1. The maximum atomic E-state index is 13.4. The van der Waals surface area contributed by atoms with E-state index in [1.54, 1.807) is 24.3 Å². The number of aliphatic hydroxyl groups excluding tert-OH is 1. The second-order valence-electron chi connectivity index (χ2n) is 10.2. The zero-order valence-corrected chi connectivity index (χ0v) is 24.0. The average molecular weight is 576 g/mol. The van der Waals surface area contributed by atoms with Gasteiger partial charge in [-0.25, -0.2) is 0 Å². The molecule has 1 unspecified atom stereocenters. The highest BCUT2D eigenvalue weighted by Gasteiger charge is 2.48. The molecule has 198 valence electrons. The summed E-state index contributed by atoms with van der Waals surface area (Å²) < 4.78 is 0.676. The third kappa shape index (κ3) is 5.64. The molecular weight excluding hydrogens is 550 g/mol. The molecule has 9 heteroatoms. The first-order chi connectivity index (χ1) is 18.6. The Kier molecular flexibility index (Phi) is 7.62. The minimum atomic E-state index is -0.866. The maximum Gasteiger partial charge on any atom is 0.301 e. The van der Waals surface area contributed by atoms with Gasteiger partial charge in [-0.2, -0.15) is 0 Å². The van der Waals surface area contributed by atoms with Crippen LogP contribution in [0, 0.1) is 0 Å². The van der Waals surface area contributed by atoms with Gasteiger partial charge in [-0.3, -0.25) is 14.5 Å². The first kappa shape index (κ1) is 27.1. The number of hydrogen-bond donors (Lipinski definition) is 1. The number of ketones is 1. The van der Waals surface area contributed by atoms with E-state index in [0.717, 1.165) is 11.1 Å². The number of nitrogens with zero attached hydrogens (tertiary/aromatic N) is 3. The van der Waals surface area contributed by atoms with Crippen LogP contribution < -0.4 is 4.90 Å². The van der Waals surface area contributed by atoms with Gasteiger partial charge in [-0.15, -0.1) is 10.2 Å². The van der Waals surface area contributed by atoms with E-state index in [0.29, 0.717) is 31.4 Å². The number of thioether (sulfide) groups is 1. The SMILES string of the molecule is CC(C)(C)c1ccc(C2/C(=C(/O)c3ccc(Cl)cc3)C(=O)C(=O)N2c2nnc(SCc3ccccc3)s2)cc1. The van der Waals surface area contributed by atoms with E-state index in [-0.39, 0.29) is 16.7 Å². The van der Waals surface area contributed by atoms with Crippen molar-refractivity contribution in [2.75, 3.05) is 4.90 Å². The van der Waals surface area contributed by atoms with Crippen LogP contribution in [0.2, 0.25) is 5.02 Å². The van der Waals surface area contributed by atoms with Gasteiger partial charge < -0.3 is 5.11 Å². The molecule has 1 atom stereocenters. The molecule has 5 rings (SSSR count). The van der Waals surface area contributed by atoms with E-state index in [4.69, 9.17) is 11.6 Å². The lowest BCUT2D eigenvalue weighted by molar-refractivity contribution is -0.132. The standard InChI is InChI=1S/C30H26ClN3O3S2/c1-30(2,3)21-13-9-19(10-14-21)24-23(25(35)20-11-15-22(31)16-12-20)26(36)27(37)34(24)28-32-33-29(39-28)38-17-18-7-5-4-6-8-18/h4-16,24,35H,17H2,1-3H3/b25-23-. The maximum absolute atomic E-state index is 13.4. The molecule has 0 radical (unpaired) electrons. The van der Waals surface area contributed by atoms with E-state index in [1.807, 2.05) is 54.6 Å². The summed E-state index contributed by atoms with van der Waals surface area (Å²) in [5, 5.41) is 20.7. The number of carbonyl (C=O) groups is 2. The fourth-order valence-electron chi connectivity index (χ4n) is 4.35. The molecule has 0 spiro atoms. The number of anilines is 1. The van der Waals surface area contributed by atoms with E-state index in [1.165, 1.54) is 28.0 Å². The molecule has 1 saturated heterocycles. The Morgan fingerprint density at radius 3 is 2.28 bits per heavy atom. The van der Waals surface area contributed by atoms with Crippen molar-refractivity contribution in [3.8, 4) is 0 Å². The smallest absolute Gasteiger partial charge is 0.301 e. The van der Waals surface area contributed by atoms with Crippen molar-refractivity contribution in [3.05, 3.63) is 112 Å². The number of hydrogen-bond acceptors (Lipinski definition) is 7. The van der Waals surface area contributed by atoms with Gasteiger partial charge in [0.15, 0.2) is 4.34 Å². The first-order valence-electron chi connectivity index (χ1n) is 12.3. The Bertz CT molecular complexity index is 1540. The molecule has 4 aromatic rings. The van der Waals surface area contributed by atoms with Crippen LogP contribution in [-0.4, -0.2) is 27.0 Å². The van der Waals surface area contributed by atoms with Crippen LogP contribution >= 0.6 is 34.7 Å². The molecular formula is C30H26ClN3O3S2. The van der Waals surface area contributed by atoms with Crippen LogP contribution in [0.15, 0.2) is 88.8 Å². The number of aliphatic hydroxyl groups is 1. The highest BCUT2D eigenvalue weighted by molar-refractivity contribution is 8.00. The third-order valence-electron chi connectivity index (χ3n) is 6.46. The molecule has 1 amide bonds. The Labute approximate surface area is 240 Å². The number of benzene rings is 3. The summed E-state index contributed by atoms with van der Waals surface area (Å²) in [7, 11) is 0. The molecule has 2 heterocycles. The fourth-order valence-corrected chi connectivity index (χ4v) is 6.30. The fraction of sp³-hybridized carbons (Fsp3) is 0.200. The van der Waals surface area contributed by atoms with E-state index < -0.39 is 17.7 Å². The molecule has 0 aliphatic carbocycles. The summed E-state index contributed by atoms with van der Waals surface area (Å²) in [5.74, 6) is -1.10. The third-order valence-corrected chi connectivity index (χ3v) is 8.84. The second-order valence-corrected chi connectivity index (χ2v) is 12.8. The summed E-state index contributed by atoms with van der Waals surface area (Å²) in [4.78, 5) is 28.2.